The standard InChI is InChI=1S/C26H28N2O3/c1-3-31-25(29)20(2)28(19-21-13-7-4-8-14-21)26(30)27-24(22-15-9-5-10-16-22)23-17-11-6-12-18-23/h4-18,20,24H,3,19H2,1-2H3,(H,27,30). The smallest absolute Gasteiger partial charge is 0.328 e. The van der Waals surface area contributed by atoms with Crippen molar-refractivity contribution in [2.75, 3.05) is 6.61 Å². The highest BCUT2D eigenvalue weighted by molar-refractivity contribution is 5.83. The van der Waals surface area contributed by atoms with E-state index in [-0.39, 0.29) is 18.7 Å². The summed E-state index contributed by atoms with van der Waals surface area (Å²) in [5.41, 5.74) is 2.86. The molecular formula is C26H28N2O3. The summed E-state index contributed by atoms with van der Waals surface area (Å²) >= 11 is 0. The van der Waals surface area contributed by atoms with Crippen molar-refractivity contribution in [2.45, 2.75) is 32.5 Å². The molecule has 0 fully saturated rings. The van der Waals surface area contributed by atoms with Crippen LogP contribution in [0.2, 0.25) is 0 Å². The SMILES string of the molecule is CCOC(=O)C(C)N(Cc1ccccc1)C(=O)NC(c1ccccc1)c1ccccc1. The van der Waals surface area contributed by atoms with Crippen LogP contribution >= 0.6 is 0 Å². The molecule has 0 aromatic heterocycles. The van der Waals surface area contributed by atoms with E-state index in [9.17, 15) is 9.59 Å². The van der Waals surface area contributed by atoms with Crippen LogP contribution in [0.15, 0.2) is 91.0 Å². The van der Waals surface area contributed by atoms with Crippen LogP contribution in [0.1, 0.15) is 36.6 Å². The van der Waals surface area contributed by atoms with Crippen LogP contribution in [-0.4, -0.2) is 29.5 Å². The van der Waals surface area contributed by atoms with Crippen LogP contribution in [0.4, 0.5) is 4.79 Å². The normalized spacial score (nSPS) is 11.6. The molecule has 3 aromatic carbocycles. The van der Waals surface area contributed by atoms with Crippen molar-refractivity contribution < 1.29 is 14.3 Å². The second-order valence-electron chi connectivity index (χ2n) is 7.25. The molecule has 3 rings (SSSR count). The summed E-state index contributed by atoms with van der Waals surface area (Å²) in [5, 5.41) is 3.13. The van der Waals surface area contributed by atoms with Gasteiger partial charge < -0.3 is 15.0 Å². The molecule has 2 amide bonds. The average molecular weight is 417 g/mol. The lowest BCUT2D eigenvalue weighted by atomic mass is 9.99. The highest BCUT2D eigenvalue weighted by atomic mass is 16.5. The van der Waals surface area contributed by atoms with E-state index in [1.54, 1.807) is 13.8 Å². The predicted molar refractivity (Wildman–Crippen MR) is 121 cm³/mol. The van der Waals surface area contributed by atoms with Crippen LogP contribution in [-0.2, 0) is 16.1 Å². The fourth-order valence-electron chi connectivity index (χ4n) is 3.41. The number of carbonyl (C=O) groups is 2. The molecule has 0 aliphatic carbocycles. The minimum Gasteiger partial charge on any atom is -0.464 e. The maximum Gasteiger partial charge on any atom is 0.328 e. The third-order valence-corrected chi connectivity index (χ3v) is 5.09. The molecule has 0 aliphatic heterocycles. The van der Waals surface area contributed by atoms with Gasteiger partial charge >= 0.3 is 12.0 Å². The van der Waals surface area contributed by atoms with E-state index < -0.39 is 12.0 Å². The summed E-state index contributed by atoms with van der Waals surface area (Å²) in [6, 6.07) is 27.8. The average Bonchev–Trinajstić information content (AvgIpc) is 2.82. The summed E-state index contributed by atoms with van der Waals surface area (Å²) in [4.78, 5) is 27.4. The first kappa shape index (κ1) is 22.1. The van der Waals surface area contributed by atoms with Gasteiger partial charge in [0.15, 0.2) is 0 Å². The van der Waals surface area contributed by atoms with Crippen LogP contribution in [0.25, 0.3) is 0 Å². The van der Waals surface area contributed by atoms with Crippen molar-refractivity contribution in [3.63, 3.8) is 0 Å². The summed E-state index contributed by atoms with van der Waals surface area (Å²) < 4.78 is 5.19. The van der Waals surface area contributed by atoms with Crippen molar-refractivity contribution in [3.8, 4) is 0 Å². The molecule has 160 valence electrons. The van der Waals surface area contributed by atoms with E-state index in [0.717, 1.165) is 16.7 Å². The first-order chi connectivity index (χ1) is 15.1. The van der Waals surface area contributed by atoms with Crippen LogP contribution in [0, 0.1) is 0 Å². The molecule has 5 heteroatoms. The molecule has 0 saturated heterocycles. The van der Waals surface area contributed by atoms with Gasteiger partial charge in [0.2, 0.25) is 0 Å². The van der Waals surface area contributed by atoms with E-state index in [1.165, 1.54) is 4.90 Å². The van der Waals surface area contributed by atoms with E-state index >= 15 is 0 Å². The topological polar surface area (TPSA) is 58.6 Å². The molecule has 0 spiro atoms. The maximum absolute atomic E-state index is 13.5. The van der Waals surface area contributed by atoms with Gasteiger partial charge in [-0.3, -0.25) is 0 Å². The van der Waals surface area contributed by atoms with Gasteiger partial charge in [0.1, 0.15) is 6.04 Å². The second-order valence-corrected chi connectivity index (χ2v) is 7.25. The van der Waals surface area contributed by atoms with Gasteiger partial charge in [0.25, 0.3) is 0 Å². The highest BCUT2D eigenvalue weighted by Gasteiger charge is 2.29. The Morgan fingerprint density at radius 2 is 1.32 bits per heavy atom. The number of rotatable bonds is 8. The lowest BCUT2D eigenvalue weighted by molar-refractivity contribution is -0.148. The quantitative estimate of drug-likeness (QED) is 0.529. The van der Waals surface area contributed by atoms with Gasteiger partial charge in [0, 0.05) is 6.54 Å². The Bertz CT molecular complexity index is 922. The Morgan fingerprint density at radius 1 is 0.839 bits per heavy atom. The monoisotopic (exact) mass is 416 g/mol. The maximum atomic E-state index is 13.5. The molecule has 0 heterocycles. The van der Waals surface area contributed by atoms with E-state index in [1.807, 2.05) is 91.0 Å². The first-order valence-electron chi connectivity index (χ1n) is 10.5. The molecule has 0 bridgehead atoms. The summed E-state index contributed by atoms with van der Waals surface area (Å²) in [5.74, 6) is -0.426. The zero-order chi connectivity index (χ0) is 22.1. The molecule has 0 saturated carbocycles. The third kappa shape index (κ3) is 5.95. The highest BCUT2D eigenvalue weighted by Crippen LogP contribution is 2.23. The van der Waals surface area contributed by atoms with Crippen molar-refractivity contribution in [1.82, 2.24) is 10.2 Å². The van der Waals surface area contributed by atoms with Gasteiger partial charge in [-0.1, -0.05) is 91.0 Å². The number of urea groups is 1. The van der Waals surface area contributed by atoms with Crippen molar-refractivity contribution in [2.24, 2.45) is 0 Å². The number of benzene rings is 3. The van der Waals surface area contributed by atoms with Gasteiger partial charge in [0.05, 0.1) is 12.6 Å². The predicted octanol–water partition coefficient (Wildman–Crippen LogP) is 4.94. The zero-order valence-corrected chi connectivity index (χ0v) is 17.9. The summed E-state index contributed by atoms with van der Waals surface area (Å²) in [6.45, 7) is 4.01. The Hall–Kier alpha value is -3.60. The molecule has 0 radical (unpaired) electrons. The van der Waals surface area contributed by atoms with Gasteiger partial charge in [-0.05, 0) is 30.5 Å². The Balaban J connectivity index is 1.90. The molecule has 1 unspecified atom stereocenters. The minimum absolute atomic E-state index is 0.265. The molecule has 0 aliphatic rings. The lowest BCUT2D eigenvalue weighted by Gasteiger charge is -2.30. The fraction of sp³-hybridized carbons (Fsp3) is 0.231. The molecule has 3 aromatic rings. The van der Waals surface area contributed by atoms with Gasteiger partial charge in [-0.15, -0.1) is 0 Å². The lowest BCUT2D eigenvalue weighted by Crippen LogP contribution is -2.49. The Labute approximate surface area is 183 Å². The molecule has 1 atom stereocenters. The zero-order valence-electron chi connectivity index (χ0n) is 17.9. The molecule has 5 nitrogen and oxygen atoms in total. The van der Waals surface area contributed by atoms with Gasteiger partial charge in [-0.2, -0.15) is 0 Å². The van der Waals surface area contributed by atoms with Crippen LogP contribution < -0.4 is 5.32 Å². The number of hydrogen-bond acceptors (Lipinski definition) is 3. The molecular weight excluding hydrogens is 388 g/mol. The van der Waals surface area contributed by atoms with Crippen molar-refractivity contribution >= 4 is 12.0 Å². The van der Waals surface area contributed by atoms with E-state index in [0.29, 0.717) is 6.54 Å². The van der Waals surface area contributed by atoms with E-state index in [4.69, 9.17) is 4.74 Å². The minimum atomic E-state index is -0.729. The fourth-order valence-corrected chi connectivity index (χ4v) is 3.41. The number of hydrogen-bond donors (Lipinski definition) is 1. The van der Waals surface area contributed by atoms with Gasteiger partial charge in [-0.25, -0.2) is 9.59 Å². The van der Waals surface area contributed by atoms with Crippen LogP contribution in [0.5, 0.6) is 0 Å². The molecule has 31 heavy (non-hydrogen) atoms. The third-order valence-electron chi connectivity index (χ3n) is 5.09. The summed E-state index contributed by atoms with van der Waals surface area (Å²) in [7, 11) is 0. The van der Waals surface area contributed by atoms with Crippen molar-refractivity contribution in [3.05, 3.63) is 108 Å². The Morgan fingerprint density at radius 3 is 1.81 bits per heavy atom. The Kier molecular flexibility index (Phi) is 7.82. The van der Waals surface area contributed by atoms with E-state index in [2.05, 4.69) is 5.32 Å². The largest absolute Gasteiger partial charge is 0.464 e. The number of ether oxygens (including phenoxy) is 1. The number of nitrogens with zero attached hydrogens (tertiary/aromatic N) is 1. The number of amides is 2. The number of esters is 1. The van der Waals surface area contributed by atoms with Crippen molar-refractivity contribution in [1.29, 1.82) is 0 Å². The number of nitrogens with one attached hydrogen (secondary N) is 1. The van der Waals surface area contributed by atoms with Crippen LogP contribution in [0.3, 0.4) is 0 Å². The number of carbonyl (C=O) groups excluding carboxylic acids is 2. The molecule has 1 N–H and O–H groups in total. The summed E-state index contributed by atoms with van der Waals surface area (Å²) in [6.07, 6.45) is 0. The first-order valence-corrected chi connectivity index (χ1v) is 10.5. The second kappa shape index (κ2) is 11.0.